The largest absolute Gasteiger partial charge is 0.103 e. The Labute approximate surface area is 48.3 Å². The van der Waals surface area contributed by atoms with Gasteiger partial charge >= 0.3 is 0 Å². The first-order valence-corrected chi connectivity index (χ1v) is 3.27. The Balaban J connectivity index is 2.47. The second-order valence-corrected chi connectivity index (χ2v) is 2.65. The van der Waals surface area contributed by atoms with Crippen LogP contribution in [0.4, 0.5) is 0 Å². The van der Waals surface area contributed by atoms with Gasteiger partial charge in [0.25, 0.3) is 0 Å². The van der Waals surface area contributed by atoms with Crippen LogP contribution in [0.1, 0.15) is 12.8 Å². The zero-order valence-electron chi connectivity index (χ0n) is 4.18. The lowest BCUT2D eigenvalue weighted by molar-refractivity contribution is 1.04. The summed E-state index contributed by atoms with van der Waals surface area (Å²) in [6.45, 7) is 3.83. The van der Waals surface area contributed by atoms with E-state index < -0.39 is 0 Å². The Kier molecular flexibility index (Phi) is 1.58. The van der Waals surface area contributed by atoms with E-state index in [0.29, 0.717) is 0 Å². The van der Waals surface area contributed by atoms with Crippen molar-refractivity contribution in [2.24, 2.45) is 0 Å². The summed E-state index contributed by atoms with van der Waals surface area (Å²) in [7, 11) is 0. The van der Waals surface area contributed by atoms with Gasteiger partial charge in [0, 0.05) is 0 Å². The molecular formula is C6H8S. The zero-order valence-corrected chi connectivity index (χ0v) is 5.00. The molecule has 1 heterocycles. The molecule has 0 saturated carbocycles. The van der Waals surface area contributed by atoms with Crippen molar-refractivity contribution in [3.8, 4) is 0 Å². The van der Waals surface area contributed by atoms with Gasteiger partial charge in [-0.15, -0.1) is 11.8 Å². The third-order valence-electron chi connectivity index (χ3n) is 0.921. The highest BCUT2D eigenvalue weighted by Crippen LogP contribution is 2.24. The molecule has 0 spiro atoms. The van der Waals surface area contributed by atoms with Gasteiger partial charge in [-0.05, 0) is 23.2 Å². The molecule has 0 bridgehead atoms. The highest BCUT2D eigenvalue weighted by molar-refractivity contribution is 8.05. The van der Waals surface area contributed by atoms with Crippen molar-refractivity contribution in [2.45, 2.75) is 12.8 Å². The van der Waals surface area contributed by atoms with Crippen molar-refractivity contribution in [3.63, 3.8) is 0 Å². The fraction of sp³-hybridized carbons (Fsp3) is 0.333. The van der Waals surface area contributed by atoms with Crippen molar-refractivity contribution >= 4 is 11.8 Å². The lowest BCUT2D eigenvalue weighted by Crippen LogP contribution is -1.76. The molecule has 0 aliphatic carbocycles. The number of hydrogen-bond donors (Lipinski definition) is 0. The molecule has 0 aromatic rings. The maximum absolute atomic E-state index is 3.83. The van der Waals surface area contributed by atoms with Crippen LogP contribution >= 0.6 is 11.8 Å². The first kappa shape index (κ1) is 4.98. The van der Waals surface area contributed by atoms with Gasteiger partial charge in [0.1, 0.15) is 0 Å². The van der Waals surface area contributed by atoms with Crippen LogP contribution < -0.4 is 0 Å². The summed E-state index contributed by atoms with van der Waals surface area (Å²) in [6.07, 6.45) is 4.53. The van der Waals surface area contributed by atoms with Crippen LogP contribution in [0.15, 0.2) is 23.0 Å². The van der Waals surface area contributed by atoms with Crippen LogP contribution in [0.3, 0.4) is 0 Å². The third-order valence-corrected chi connectivity index (χ3v) is 1.79. The Bertz CT molecular complexity index is 103. The highest BCUT2D eigenvalue weighted by Gasteiger charge is 1.94. The zero-order chi connectivity index (χ0) is 5.11. The maximum Gasteiger partial charge on any atom is -0.0177 e. The smallest absolute Gasteiger partial charge is 0.0177 e. The maximum atomic E-state index is 3.83. The molecule has 1 rings (SSSR count). The minimum Gasteiger partial charge on any atom is -0.103 e. The number of rotatable bonds is 0. The van der Waals surface area contributed by atoms with E-state index in [2.05, 4.69) is 18.1 Å². The molecule has 0 N–H and O–H groups in total. The van der Waals surface area contributed by atoms with Gasteiger partial charge < -0.3 is 0 Å². The molecule has 0 unspecified atom stereocenters. The standard InChI is InChI=1S/C6H8S/c1-6-4-2-3-5-7-6/h3,5H,1-2,4H2. The van der Waals surface area contributed by atoms with Crippen molar-refractivity contribution in [1.29, 1.82) is 0 Å². The lowest BCUT2D eigenvalue weighted by atomic mass is 10.3. The summed E-state index contributed by atoms with van der Waals surface area (Å²) in [4.78, 5) is 1.29. The van der Waals surface area contributed by atoms with E-state index in [1.807, 2.05) is 0 Å². The minimum atomic E-state index is 1.17. The van der Waals surface area contributed by atoms with E-state index in [0.717, 1.165) is 0 Å². The van der Waals surface area contributed by atoms with E-state index in [1.165, 1.54) is 17.7 Å². The molecule has 0 radical (unpaired) electrons. The molecule has 0 amide bonds. The Morgan fingerprint density at radius 2 is 2.57 bits per heavy atom. The summed E-state index contributed by atoms with van der Waals surface area (Å²) in [5, 5.41) is 2.10. The number of allylic oxidation sites excluding steroid dienone is 2. The van der Waals surface area contributed by atoms with E-state index in [4.69, 9.17) is 0 Å². The molecule has 1 aliphatic rings. The Hall–Kier alpha value is -0.170. The summed E-state index contributed by atoms with van der Waals surface area (Å²) in [5.41, 5.74) is 0. The van der Waals surface area contributed by atoms with Gasteiger partial charge in [-0.1, -0.05) is 12.7 Å². The number of thioether (sulfide) groups is 1. The van der Waals surface area contributed by atoms with E-state index in [-0.39, 0.29) is 0 Å². The van der Waals surface area contributed by atoms with Crippen molar-refractivity contribution in [2.75, 3.05) is 0 Å². The molecule has 38 valence electrons. The molecule has 0 aromatic heterocycles. The van der Waals surface area contributed by atoms with E-state index >= 15 is 0 Å². The third kappa shape index (κ3) is 1.39. The minimum absolute atomic E-state index is 1.17. The first-order chi connectivity index (χ1) is 3.39. The molecule has 0 nitrogen and oxygen atoms in total. The quantitative estimate of drug-likeness (QED) is 0.464. The van der Waals surface area contributed by atoms with E-state index in [9.17, 15) is 0 Å². The van der Waals surface area contributed by atoms with Crippen LogP contribution in [0, 0.1) is 0 Å². The van der Waals surface area contributed by atoms with Crippen molar-refractivity contribution in [3.05, 3.63) is 23.0 Å². The summed E-state index contributed by atoms with van der Waals surface area (Å²) in [6, 6.07) is 0. The van der Waals surface area contributed by atoms with Crippen molar-refractivity contribution < 1.29 is 0 Å². The van der Waals surface area contributed by atoms with E-state index in [1.54, 1.807) is 11.8 Å². The monoisotopic (exact) mass is 112 g/mol. The van der Waals surface area contributed by atoms with Crippen LogP contribution in [0.5, 0.6) is 0 Å². The van der Waals surface area contributed by atoms with Crippen LogP contribution in [-0.4, -0.2) is 0 Å². The van der Waals surface area contributed by atoms with Crippen LogP contribution in [0.2, 0.25) is 0 Å². The summed E-state index contributed by atoms with van der Waals surface area (Å²) < 4.78 is 0. The van der Waals surface area contributed by atoms with Gasteiger partial charge in [0.15, 0.2) is 0 Å². The molecule has 0 aromatic carbocycles. The summed E-state index contributed by atoms with van der Waals surface area (Å²) >= 11 is 1.74. The Morgan fingerprint density at radius 1 is 1.71 bits per heavy atom. The number of hydrogen-bond acceptors (Lipinski definition) is 1. The van der Waals surface area contributed by atoms with Gasteiger partial charge in [-0.3, -0.25) is 0 Å². The molecule has 0 saturated heterocycles. The van der Waals surface area contributed by atoms with Gasteiger partial charge in [-0.25, -0.2) is 0 Å². The van der Waals surface area contributed by atoms with Crippen LogP contribution in [0.25, 0.3) is 0 Å². The predicted octanol–water partition coefficient (Wildman–Crippen LogP) is 2.54. The SMILES string of the molecule is C=C1CCC=CS1. The van der Waals surface area contributed by atoms with Gasteiger partial charge in [0.2, 0.25) is 0 Å². The molecule has 1 heteroatoms. The summed E-state index contributed by atoms with van der Waals surface area (Å²) in [5.74, 6) is 0. The highest BCUT2D eigenvalue weighted by atomic mass is 32.2. The fourth-order valence-corrected chi connectivity index (χ4v) is 1.18. The molecule has 0 atom stereocenters. The average molecular weight is 112 g/mol. The van der Waals surface area contributed by atoms with Crippen molar-refractivity contribution in [1.82, 2.24) is 0 Å². The second kappa shape index (κ2) is 2.22. The second-order valence-electron chi connectivity index (χ2n) is 1.57. The lowest BCUT2D eigenvalue weighted by Gasteiger charge is -2.02. The normalized spacial score (nSPS) is 20.3. The molecule has 7 heavy (non-hydrogen) atoms. The fourth-order valence-electron chi connectivity index (χ4n) is 0.516. The predicted molar refractivity (Wildman–Crippen MR) is 35.1 cm³/mol. The molecule has 0 fully saturated rings. The molecule has 1 aliphatic heterocycles. The van der Waals surface area contributed by atoms with Gasteiger partial charge in [-0.2, -0.15) is 0 Å². The molecular weight excluding hydrogens is 104 g/mol. The average Bonchev–Trinajstić information content (AvgIpc) is 1.69. The Morgan fingerprint density at radius 3 is 2.86 bits per heavy atom. The van der Waals surface area contributed by atoms with Gasteiger partial charge in [0.05, 0.1) is 0 Å². The first-order valence-electron chi connectivity index (χ1n) is 2.39. The van der Waals surface area contributed by atoms with Crippen LogP contribution in [-0.2, 0) is 0 Å². The topological polar surface area (TPSA) is 0 Å².